The molecule has 1 aromatic carbocycles. The fraction of sp³-hybridized carbons (Fsp3) is 0.533. The highest BCUT2D eigenvalue weighted by molar-refractivity contribution is 5.96. The molecule has 0 aliphatic carbocycles. The summed E-state index contributed by atoms with van der Waals surface area (Å²) in [5, 5.41) is 10.2. The molecule has 3 heteroatoms. The number of para-hydroxylation sites is 1. The Kier molecular flexibility index (Phi) is 3.44. The molecule has 18 heavy (non-hydrogen) atoms. The second-order valence-electron chi connectivity index (χ2n) is 6.01. The molecule has 1 atom stereocenters. The Morgan fingerprint density at radius 2 is 1.94 bits per heavy atom. The highest BCUT2D eigenvalue weighted by atomic mass is 16.3. The van der Waals surface area contributed by atoms with Gasteiger partial charge in [0.2, 0.25) is 5.91 Å². The Morgan fingerprint density at radius 3 is 2.61 bits per heavy atom. The van der Waals surface area contributed by atoms with Crippen molar-refractivity contribution in [2.24, 2.45) is 5.41 Å². The number of rotatable bonds is 2. The number of carbonyl (C=O) groups is 1. The van der Waals surface area contributed by atoms with Crippen LogP contribution < -0.4 is 4.90 Å². The largest absolute Gasteiger partial charge is 0.391 e. The van der Waals surface area contributed by atoms with E-state index in [-0.39, 0.29) is 11.3 Å². The molecule has 1 amide bonds. The van der Waals surface area contributed by atoms with Crippen molar-refractivity contribution in [3.63, 3.8) is 0 Å². The van der Waals surface area contributed by atoms with Crippen LogP contribution in [0.25, 0.3) is 0 Å². The van der Waals surface area contributed by atoms with Gasteiger partial charge in [0.1, 0.15) is 0 Å². The summed E-state index contributed by atoms with van der Waals surface area (Å²) in [5.41, 5.74) is 1.93. The Hall–Kier alpha value is -1.35. The first-order chi connectivity index (χ1) is 8.39. The zero-order valence-corrected chi connectivity index (χ0v) is 11.3. The summed E-state index contributed by atoms with van der Waals surface area (Å²) < 4.78 is 0. The van der Waals surface area contributed by atoms with Gasteiger partial charge in [0.25, 0.3) is 0 Å². The quantitative estimate of drug-likeness (QED) is 0.871. The van der Waals surface area contributed by atoms with Crippen LogP contribution in [-0.2, 0) is 11.2 Å². The highest BCUT2D eigenvalue weighted by Crippen LogP contribution is 2.29. The topological polar surface area (TPSA) is 40.5 Å². The van der Waals surface area contributed by atoms with E-state index in [0.717, 1.165) is 12.1 Å². The van der Waals surface area contributed by atoms with Gasteiger partial charge in [0, 0.05) is 12.1 Å². The Bertz CT molecular complexity index is 448. The summed E-state index contributed by atoms with van der Waals surface area (Å²) in [5.74, 6) is 0.108. The van der Waals surface area contributed by atoms with Gasteiger partial charge in [-0.2, -0.15) is 0 Å². The number of benzene rings is 1. The molecule has 1 N–H and O–H groups in total. The van der Waals surface area contributed by atoms with Crippen LogP contribution in [0.1, 0.15) is 32.8 Å². The van der Waals surface area contributed by atoms with Gasteiger partial charge in [-0.25, -0.2) is 0 Å². The molecule has 0 saturated heterocycles. The summed E-state index contributed by atoms with van der Waals surface area (Å²) >= 11 is 0. The second-order valence-corrected chi connectivity index (χ2v) is 6.01. The van der Waals surface area contributed by atoms with E-state index in [1.165, 1.54) is 5.56 Å². The smallest absolute Gasteiger partial charge is 0.227 e. The van der Waals surface area contributed by atoms with E-state index in [1.54, 1.807) is 4.90 Å². The molecule has 98 valence electrons. The average molecular weight is 247 g/mol. The molecule has 1 aromatic rings. The third kappa shape index (κ3) is 2.56. The van der Waals surface area contributed by atoms with Crippen LogP contribution in [0, 0.1) is 5.41 Å². The maximum absolute atomic E-state index is 12.0. The zero-order valence-electron chi connectivity index (χ0n) is 11.3. The van der Waals surface area contributed by atoms with Gasteiger partial charge in [-0.1, -0.05) is 39.0 Å². The van der Waals surface area contributed by atoms with Gasteiger partial charge >= 0.3 is 0 Å². The monoisotopic (exact) mass is 247 g/mol. The van der Waals surface area contributed by atoms with Crippen molar-refractivity contribution < 1.29 is 9.90 Å². The van der Waals surface area contributed by atoms with Gasteiger partial charge in [-0.05, 0) is 23.5 Å². The first-order valence-corrected chi connectivity index (χ1v) is 6.46. The lowest BCUT2D eigenvalue weighted by Crippen LogP contribution is -2.44. The molecule has 0 bridgehead atoms. The van der Waals surface area contributed by atoms with E-state index in [1.807, 2.05) is 39.0 Å². The summed E-state index contributed by atoms with van der Waals surface area (Å²) in [6.07, 6.45) is 0.818. The van der Waals surface area contributed by atoms with Gasteiger partial charge in [0.15, 0.2) is 0 Å². The van der Waals surface area contributed by atoms with Crippen molar-refractivity contribution in [2.75, 3.05) is 11.4 Å². The maximum Gasteiger partial charge on any atom is 0.227 e. The fourth-order valence-electron chi connectivity index (χ4n) is 2.14. The van der Waals surface area contributed by atoms with Crippen LogP contribution in [0.4, 0.5) is 5.69 Å². The number of nitrogens with zero attached hydrogens (tertiary/aromatic N) is 1. The fourth-order valence-corrected chi connectivity index (χ4v) is 2.14. The van der Waals surface area contributed by atoms with Crippen LogP contribution in [0.2, 0.25) is 0 Å². The molecule has 0 spiro atoms. The molecule has 2 rings (SSSR count). The molecule has 0 fully saturated rings. The van der Waals surface area contributed by atoms with Gasteiger partial charge in [-0.15, -0.1) is 0 Å². The summed E-state index contributed by atoms with van der Waals surface area (Å²) in [4.78, 5) is 13.8. The Balaban J connectivity index is 2.25. The molecule has 1 heterocycles. The molecule has 0 saturated carbocycles. The minimum Gasteiger partial charge on any atom is -0.391 e. The van der Waals surface area contributed by atoms with Gasteiger partial charge in [0.05, 0.1) is 12.6 Å². The third-order valence-corrected chi connectivity index (χ3v) is 3.55. The van der Waals surface area contributed by atoms with Crippen LogP contribution in [-0.4, -0.2) is 23.7 Å². The van der Waals surface area contributed by atoms with E-state index < -0.39 is 6.10 Å². The van der Waals surface area contributed by atoms with Crippen molar-refractivity contribution >= 4 is 11.6 Å². The zero-order chi connectivity index (χ0) is 13.3. The summed E-state index contributed by atoms with van der Waals surface area (Å²) in [6, 6.07) is 7.95. The number of β-amino-alcohol motifs (C(OH)–C–C–N with tert-alkyl or cyclic N) is 1. The maximum atomic E-state index is 12.0. The van der Waals surface area contributed by atoms with Gasteiger partial charge < -0.3 is 10.0 Å². The number of hydrogen-bond donors (Lipinski definition) is 1. The highest BCUT2D eigenvalue weighted by Gasteiger charge is 2.30. The average Bonchev–Trinajstić information content (AvgIpc) is 2.31. The predicted octanol–water partition coefficient (Wildman–Crippen LogP) is 2.37. The third-order valence-electron chi connectivity index (χ3n) is 3.55. The number of aryl methyl sites for hydroxylation is 1. The number of carbonyl (C=O) groups excluding carboxylic acids is 1. The molecular formula is C15H21NO2. The van der Waals surface area contributed by atoms with E-state index in [4.69, 9.17) is 0 Å². The van der Waals surface area contributed by atoms with E-state index in [9.17, 15) is 9.90 Å². The summed E-state index contributed by atoms with van der Waals surface area (Å²) in [7, 11) is 0. The number of hydrogen-bond acceptors (Lipinski definition) is 2. The standard InChI is InChI=1S/C15H21NO2/c1-15(2,3)13(17)10-16-12-7-5-4-6-11(12)8-9-14(16)18/h4-7,13,17H,8-10H2,1-3H3. The number of amides is 1. The van der Waals surface area contributed by atoms with Crippen molar-refractivity contribution in [1.29, 1.82) is 0 Å². The lowest BCUT2D eigenvalue weighted by Gasteiger charge is -2.35. The summed E-state index contributed by atoms with van der Waals surface area (Å²) in [6.45, 7) is 6.33. The van der Waals surface area contributed by atoms with Crippen molar-refractivity contribution in [1.82, 2.24) is 0 Å². The van der Waals surface area contributed by atoms with Gasteiger partial charge in [-0.3, -0.25) is 4.79 Å². The van der Waals surface area contributed by atoms with E-state index in [0.29, 0.717) is 13.0 Å². The molecule has 0 aromatic heterocycles. The second kappa shape index (κ2) is 4.73. The number of aliphatic hydroxyl groups excluding tert-OH is 1. The Morgan fingerprint density at radius 1 is 1.28 bits per heavy atom. The van der Waals surface area contributed by atoms with Crippen LogP contribution in [0.15, 0.2) is 24.3 Å². The van der Waals surface area contributed by atoms with Crippen LogP contribution in [0.5, 0.6) is 0 Å². The number of fused-ring (bicyclic) bond motifs is 1. The van der Waals surface area contributed by atoms with E-state index >= 15 is 0 Å². The van der Waals surface area contributed by atoms with Crippen molar-refractivity contribution in [3.8, 4) is 0 Å². The van der Waals surface area contributed by atoms with Crippen LogP contribution >= 0.6 is 0 Å². The van der Waals surface area contributed by atoms with E-state index in [2.05, 4.69) is 6.07 Å². The van der Waals surface area contributed by atoms with Crippen molar-refractivity contribution in [3.05, 3.63) is 29.8 Å². The Labute approximate surface area is 108 Å². The lowest BCUT2D eigenvalue weighted by molar-refractivity contribution is -0.119. The molecule has 0 radical (unpaired) electrons. The van der Waals surface area contributed by atoms with Crippen LogP contribution in [0.3, 0.4) is 0 Å². The first-order valence-electron chi connectivity index (χ1n) is 6.46. The minimum absolute atomic E-state index is 0.108. The molecule has 1 aliphatic heterocycles. The molecule has 1 unspecified atom stereocenters. The molecular weight excluding hydrogens is 226 g/mol. The first kappa shape index (κ1) is 13.1. The predicted molar refractivity (Wildman–Crippen MR) is 72.6 cm³/mol. The number of aliphatic hydroxyl groups is 1. The number of anilines is 1. The lowest BCUT2D eigenvalue weighted by atomic mass is 9.88. The SMILES string of the molecule is CC(C)(C)C(O)CN1C(=O)CCc2ccccc21. The molecule has 1 aliphatic rings. The minimum atomic E-state index is -0.521. The normalized spacial score (nSPS) is 17.6. The molecule has 3 nitrogen and oxygen atoms in total. The van der Waals surface area contributed by atoms with Crippen molar-refractivity contribution in [2.45, 2.75) is 39.7 Å².